The van der Waals surface area contributed by atoms with E-state index in [-0.39, 0.29) is 23.5 Å². The fraction of sp³-hybridized carbons (Fsp3) is 0.222. The van der Waals surface area contributed by atoms with Crippen LogP contribution < -0.4 is 10.8 Å². The second-order valence-electron chi connectivity index (χ2n) is 6.09. The van der Waals surface area contributed by atoms with Crippen LogP contribution in [0.15, 0.2) is 36.9 Å². The highest BCUT2D eigenvalue weighted by Crippen LogP contribution is 2.38. The van der Waals surface area contributed by atoms with Crippen molar-refractivity contribution < 1.29 is 32.3 Å². The molecule has 3 N–H and O–H groups in total. The number of carbonyl (C=O) groups excluding carboxylic acids is 1. The van der Waals surface area contributed by atoms with E-state index >= 15 is 0 Å². The molecule has 2 heterocycles. The van der Waals surface area contributed by atoms with Crippen LogP contribution in [0.2, 0.25) is 0 Å². The van der Waals surface area contributed by atoms with Gasteiger partial charge in [-0.25, -0.2) is 14.9 Å². The van der Waals surface area contributed by atoms with Gasteiger partial charge >= 0.3 is 6.18 Å². The van der Waals surface area contributed by atoms with Gasteiger partial charge in [-0.15, -0.1) is 0 Å². The number of hydroxylamine groups is 1. The number of amides is 1. The van der Waals surface area contributed by atoms with Crippen LogP contribution >= 0.6 is 0 Å². The van der Waals surface area contributed by atoms with Gasteiger partial charge in [-0.05, 0) is 24.6 Å². The van der Waals surface area contributed by atoms with E-state index in [0.717, 1.165) is 10.7 Å². The highest BCUT2D eigenvalue weighted by molar-refractivity contribution is 6.05. The van der Waals surface area contributed by atoms with E-state index in [9.17, 15) is 22.4 Å². The largest absolute Gasteiger partial charge is 0.418 e. The SMILES string of the molecule is Cc1ccc(Nc2c(C(=O)NOCCO)c(C(F)(F)F)cn3cncc23)c(F)c1. The second kappa shape index (κ2) is 8.05. The van der Waals surface area contributed by atoms with Gasteiger partial charge in [0, 0.05) is 6.20 Å². The van der Waals surface area contributed by atoms with E-state index < -0.39 is 35.6 Å². The third-order valence-electron chi connectivity index (χ3n) is 3.98. The Bertz CT molecular complexity index is 1050. The first-order chi connectivity index (χ1) is 13.7. The number of imidazole rings is 1. The number of nitrogens with one attached hydrogen (secondary N) is 2. The van der Waals surface area contributed by atoms with Crippen LogP contribution in [-0.2, 0) is 11.0 Å². The number of anilines is 2. The standard InChI is InChI=1S/C18H16F4N4O3/c1-10-2-3-13(12(19)6-10)24-16-14-7-23-9-26(14)8-11(18(20,21)22)15(16)17(28)25-29-5-4-27/h2-3,6-9,24,27H,4-5H2,1H3,(H,25,28). The maximum Gasteiger partial charge on any atom is 0.418 e. The van der Waals surface area contributed by atoms with Crippen LogP contribution in [0.4, 0.5) is 28.9 Å². The monoisotopic (exact) mass is 412 g/mol. The number of aryl methyl sites for hydroxylation is 1. The number of hydrogen-bond acceptors (Lipinski definition) is 5. The molecule has 0 radical (unpaired) electrons. The summed E-state index contributed by atoms with van der Waals surface area (Å²) in [7, 11) is 0. The number of pyridine rings is 1. The lowest BCUT2D eigenvalue weighted by Crippen LogP contribution is -2.29. The number of alkyl halides is 3. The summed E-state index contributed by atoms with van der Waals surface area (Å²) in [6, 6.07) is 4.12. The molecular formula is C18H16F4N4O3. The van der Waals surface area contributed by atoms with Crippen molar-refractivity contribution in [3.63, 3.8) is 0 Å². The number of nitrogens with zero attached hydrogens (tertiary/aromatic N) is 2. The Morgan fingerprint density at radius 2 is 2.10 bits per heavy atom. The van der Waals surface area contributed by atoms with Gasteiger partial charge in [0.15, 0.2) is 0 Å². The number of halogens is 4. The molecule has 3 rings (SSSR count). The molecule has 0 atom stereocenters. The molecule has 0 spiro atoms. The van der Waals surface area contributed by atoms with E-state index in [2.05, 4.69) is 15.1 Å². The van der Waals surface area contributed by atoms with Crippen LogP contribution in [0.5, 0.6) is 0 Å². The summed E-state index contributed by atoms with van der Waals surface area (Å²) in [5, 5.41) is 11.3. The topological polar surface area (TPSA) is 87.9 Å². The zero-order chi connectivity index (χ0) is 21.2. The van der Waals surface area contributed by atoms with E-state index in [1.165, 1.54) is 18.3 Å². The smallest absolute Gasteiger partial charge is 0.394 e. The number of aliphatic hydroxyl groups excluding tert-OH is 1. The molecule has 0 aliphatic rings. The van der Waals surface area contributed by atoms with Crippen molar-refractivity contribution in [2.45, 2.75) is 13.1 Å². The zero-order valence-corrected chi connectivity index (χ0v) is 15.0. The van der Waals surface area contributed by atoms with E-state index in [4.69, 9.17) is 5.11 Å². The van der Waals surface area contributed by atoms with Crippen LogP contribution in [-0.4, -0.2) is 33.6 Å². The van der Waals surface area contributed by atoms with Crippen molar-refractivity contribution in [2.75, 3.05) is 18.5 Å². The van der Waals surface area contributed by atoms with Crippen molar-refractivity contribution in [2.24, 2.45) is 0 Å². The number of aliphatic hydroxyl groups is 1. The van der Waals surface area contributed by atoms with Gasteiger partial charge in [0.25, 0.3) is 5.91 Å². The lowest BCUT2D eigenvalue weighted by molar-refractivity contribution is -0.138. The van der Waals surface area contributed by atoms with Crippen molar-refractivity contribution in [3.05, 3.63) is 59.4 Å². The van der Waals surface area contributed by atoms with Gasteiger partial charge in [0.1, 0.15) is 5.82 Å². The maximum absolute atomic E-state index is 14.3. The summed E-state index contributed by atoms with van der Waals surface area (Å²) >= 11 is 0. The van der Waals surface area contributed by atoms with Crippen LogP contribution in [0.1, 0.15) is 21.5 Å². The third kappa shape index (κ3) is 4.30. The van der Waals surface area contributed by atoms with E-state index in [1.54, 1.807) is 13.0 Å². The first kappa shape index (κ1) is 20.6. The molecule has 2 aromatic heterocycles. The van der Waals surface area contributed by atoms with Gasteiger partial charge in [0.2, 0.25) is 0 Å². The Labute approximate surface area is 161 Å². The first-order valence-corrected chi connectivity index (χ1v) is 8.34. The van der Waals surface area contributed by atoms with Crippen LogP contribution in [0, 0.1) is 12.7 Å². The number of carbonyl (C=O) groups is 1. The summed E-state index contributed by atoms with van der Waals surface area (Å²) in [6.45, 7) is 0.884. The second-order valence-corrected chi connectivity index (χ2v) is 6.09. The minimum Gasteiger partial charge on any atom is -0.394 e. The summed E-state index contributed by atoms with van der Waals surface area (Å²) < 4.78 is 56.4. The number of benzene rings is 1. The molecule has 0 unspecified atom stereocenters. The Morgan fingerprint density at radius 3 is 2.76 bits per heavy atom. The summed E-state index contributed by atoms with van der Waals surface area (Å²) in [5.41, 5.74) is 0.0858. The molecule has 1 aromatic carbocycles. The van der Waals surface area contributed by atoms with Gasteiger partial charge in [-0.3, -0.25) is 9.63 Å². The third-order valence-corrected chi connectivity index (χ3v) is 3.98. The van der Waals surface area contributed by atoms with E-state index in [0.29, 0.717) is 11.8 Å². The predicted molar refractivity (Wildman–Crippen MR) is 95.1 cm³/mol. The van der Waals surface area contributed by atoms with Crippen molar-refractivity contribution >= 4 is 22.8 Å². The highest BCUT2D eigenvalue weighted by Gasteiger charge is 2.38. The van der Waals surface area contributed by atoms with Crippen molar-refractivity contribution in [1.29, 1.82) is 0 Å². The summed E-state index contributed by atoms with van der Waals surface area (Å²) in [4.78, 5) is 21.0. The zero-order valence-electron chi connectivity index (χ0n) is 15.0. The highest BCUT2D eigenvalue weighted by atomic mass is 19.4. The molecular weight excluding hydrogens is 396 g/mol. The quantitative estimate of drug-likeness (QED) is 0.329. The van der Waals surface area contributed by atoms with E-state index in [1.807, 2.05) is 5.48 Å². The minimum atomic E-state index is -4.90. The molecule has 1 amide bonds. The Hall–Kier alpha value is -3.18. The normalized spacial score (nSPS) is 11.7. The van der Waals surface area contributed by atoms with Crippen LogP contribution in [0.25, 0.3) is 5.52 Å². The molecule has 29 heavy (non-hydrogen) atoms. The fourth-order valence-electron chi connectivity index (χ4n) is 2.71. The van der Waals surface area contributed by atoms with Gasteiger partial charge in [-0.2, -0.15) is 13.2 Å². The maximum atomic E-state index is 14.3. The first-order valence-electron chi connectivity index (χ1n) is 8.34. The van der Waals surface area contributed by atoms with Crippen LogP contribution in [0.3, 0.4) is 0 Å². The number of aromatic nitrogens is 2. The Kier molecular flexibility index (Phi) is 5.71. The summed E-state index contributed by atoms with van der Waals surface area (Å²) in [5.74, 6) is -1.92. The molecule has 0 aliphatic carbocycles. The fourth-order valence-corrected chi connectivity index (χ4v) is 2.71. The molecule has 0 saturated carbocycles. The average molecular weight is 412 g/mol. The average Bonchev–Trinajstić information content (AvgIpc) is 3.11. The lowest BCUT2D eigenvalue weighted by atomic mass is 10.1. The lowest BCUT2D eigenvalue weighted by Gasteiger charge is -2.19. The Balaban J connectivity index is 2.20. The van der Waals surface area contributed by atoms with Gasteiger partial charge in [0.05, 0.1) is 53.8 Å². The van der Waals surface area contributed by atoms with Gasteiger partial charge < -0.3 is 14.8 Å². The molecule has 0 fully saturated rings. The number of hydrogen-bond donors (Lipinski definition) is 3. The molecule has 154 valence electrons. The van der Waals surface area contributed by atoms with Crippen molar-refractivity contribution in [3.8, 4) is 0 Å². The number of fused-ring (bicyclic) bond motifs is 1. The number of rotatable bonds is 6. The summed E-state index contributed by atoms with van der Waals surface area (Å²) in [6.07, 6.45) is -1.82. The molecule has 0 aliphatic heterocycles. The molecule has 0 bridgehead atoms. The van der Waals surface area contributed by atoms with Crippen molar-refractivity contribution in [1.82, 2.24) is 14.9 Å². The molecule has 7 nitrogen and oxygen atoms in total. The Morgan fingerprint density at radius 1 is 1.34 bits per heavy atom. The molecule has 0 saturated heterocycles. The molecule has 3 aromatic rings. The van der Waals surface area contributed by atoms with Gasteiger partial charge in [-0.1, -0.05) is 6.07 Å². The predicted octanol–water partition coefficient (Wildman–Crippen LogP) is 3.20. The minimum absolute atomic E-state index is 0.116. The molecule has 11 heteroatoms.